The molecule has 3 nitrogen and oxygen atoms in total. The summed E-state index contributed by atoms with van der Waals surface area (Å²) in [6.45, 7) is 6.11. The van der Waals surface area contributed by atoms with Crippen LogP contribution in [0.25, 0.3) is 0 Å². The largest absolute Gasteiger partial charge is 0.508 e. The Balaban J connectivity index is 0. The molecular weight excluding hydrogens is 192 g/mol. The number of benzene rings is 1. The predicted molar refractivity (Wildman–Crippen MR) is 60.8 cm³/mol. The van der Waals surface area contributed by atoms with Gasteiger partial charge in [-0.2, -0.15) is 0 Å². The Bertz CT molecular complexity index is 258. The lowest BCUT2D eigenvalue weighted by atomic mass is 10.3. The van der Waals surface area contributed by atoms with Crippen molar-refractivity contribution in [3.05, 3.63) is 30.3 Å². The van der Waals surface area contributed by atoms with Crippen LogP contribution < -0.4 is 0 Å². The Hall–Kier alpha value is -1.64. The van der Waals surface area contributed by atoms with Gasteiger partial charge >= 0.3 is 0 Å². The number of aromatic hydroxyl groups is 1. The molecule has 0 unspecified atom stereocenters. The van der Waals surface area contributed by atoms with Crippen molar-refractivity contribution >= 4 is 11.6 Å². The van der Waals surface area contributed by atoms with Gasteiger partial charge in [0.25, 0.3) is 0 Å². The molecule has 15 heavy (non-hydrogen) atoms. The summed E-state index contributed by atoms with van der Waals surface area (Å²) in [6, 6.07) is 8.71. The van der Waals surface area contributed by atoms with Crippen molar-refractivity contribution in [2.24, 2.45) is 0 Å². The van der Waals surface area contributed by atoms with Crippen molar-refractivity contribution in [3.8, 4) is 5.75 Å². The molecule has 0 aliphatic carbocycles. The van der Waals surface area contributed by atoms with Gasteiger partial charge in [0.05, 0.1) is 0 Å². The fourth-order valence-corrected chi connectivity index (χ4v) is 0.428. The summed E-state index contributed by atoms with van der Waals surface area (Å²) in [7, 11) is 0. The van der Waals surface area contributed by atoms with Crippen LogP contribution in [-0.4, -0.2) is 16.7 Å². The average Bonchev–Trinajstić information content (AvgIpc) is 2.03. The van der Waals surface area contributed by atoms with Gasteiger partial charge in [0, 0.05) is 0 Å². The number of hydrogen-bond donors (Lipinski definition) is 1. The summed E-state index contributed by atoms with van der Waals surface area (Å²) in [6.07, 6.45) is 0. The van der Waals surface area contributed by atoms with E-state index in [4.69, 9.17) is 5.11 Å². The summed E-state index contributed by atoms with van der Waals surface area (Å²) in [4.78, 5) is 18.9. The second-order valence-electron chi connectivity index (χ2n) is 3.15. The van der Waals surface area contributed by atoms with Gasteiger partial charge in [-0.05, 0) is 39.8 Å². The molecule has 0 radical (unpaired) electrons. The van der Waals surface area contributed by atoms with Crippen molar-refractivity contribution < 1.29 is 14.7 Å². The molecule has 0 saturated carbocycles. The first-order chi connectivity index (χ1) is 6.86. The zero-order chi connectivity index (χ0) is 12.3. The number of phenols is 1. The van der Waals surface area contributed by atoms with Gasteiger partial charge < -0.3 is 14.7 Å². The van der Waals surface area contributed by atoms with Gasteiger partial charge in [0.15, 0.2) is 0 Å². The lowest BCUT2D eigenvalue weighted by Gasteiger charge is -1.82. The molecule has 0 spiro atoms. The first-order valence-electron chi connectivity index (χ1n) is 4.54. The van der Waals surface area contributed by atoms with Gasteiger partial charge in [0.2, 0.25) is 0 Å². The third kappa shape index (κ3) is 32.8. The first kappa shape index (κ1) is 15.8. The summed E-state index contributed by atoms with van der Waals surface area (Å²) in [5.74, 6) is 0.655. The molecule has 0 aromatic heterocycles. The van der Waals surface area contributed by atoms with Crippen LogP contribution in [0.1, 0.15) is 27.7 Å². The molecule has 0 heterocycles. The SMILES string of the molecule is CC(C)=O.CC(C)=O.Oc1ccccc1. The molecule has 0 aliphatic heterocycles. The minimum absolute atomic E-state index is 0.167. The van der Waals surface area contributed by atoms with E-state index < -0.39 is 0 Å². The summed E-state index contributed by atoms with van der Waals surface area (Å²) in [5.41, 5.74) is 0. The third-order valence-corrected chi connectivity index (χ3v) is 0.756. The molecule has 84 valence electrons. The van der Waals surface area contributed by atoms with E-state index in [2.05, 4.69) is 0 Å². The Morgan fingerprint density at radius 3 is 1.27 bits per heavy atom. The van der Waals surface area contributed by atoms with Crippen LogP contribution in [0, 0.1) is 0 Å². The van der Waals surface area contributed by atoms with Gasteiger partial charge in [-0.25, -0.2) is 0 Å². The number of rotatable bonds is 0. The minimum atomic E-state index is 0.167. The zero-order valence-electron chi connectivity index (χ0n) is 9.65. The van der Waals surface area contributed by atoms with E-state index in [-0.39, 0.29) is 11.6 Å². The highest BCUT2D eigenvalue weighted by molar-refractivity contribution is 5.72. The van der Waals surface area contributed by atoms with Crippen LogP contribution in [0.3, 0.4) is 0 Å². The number of phenolic OH excluding ortho intramolecular Hbond substituents is 1. The maximum atomic E-state index is 9.44. The smallest absolute Gasteiger partial charge is 0.126 e. The molecular formula is C12H18O3. The molecule has 1 rings (SSSR count). The third-order valence-electron chi connectivity index (χ3n) is 0.756. The highest BCUT2D eigenvalue weighted by atomic mass is 16.3. The normalized spacial score (nSPS) is 7.47. The van der Waals surface area contributed by atoms with Crippen LogP contribution in [0.4, 0.5) is 0 Å². The van der Waals surface area contributed by atoms with Crippen molar-refractivity contribution in [1.82, 2.24) is 0 Å². The Morgan fingerprint density at radius 1 is 0.867 bits per heavy atom. The summed E-state index contributed by atoms with van der Waals surface area (Å²) < 4.78 is 0. The van der Waals surface area contributed by atoms with Gasteiger partial charge in [-0.15, -0.1) is 0 Å². The maximum Gasteiger partial charge on any atom is 0.126 e. The first-order valence-corrected chi connectivity index (χ1v) is 4.54. The second-order valence-corrected chi connectivity index (χ2v) is 3.15. The number of hydrogen-bond acceptors (Lipinski definition) is 3. The van der Waals surface area contributed by atoms with Crippen LogP contribution in [0.15, 0.2) is 30.3 Å². The quantitative estimate of drug-likeness (QED) is 0.716. The summed E-state index contributed by atoms with van der Waals surface area (Å²) >= 11 is 0. The Morgan fingerprint density at radius 2 is 1.13 bits per heavy atom. The molecule has 0 aliphatic rings. The van der Waals surface area contributed by atoms with Crippen molar-refractivity contribution in [3.63, 3.8) is 0 Å². The highest BCUT2D eigenvalue weighted by Crippen LogP contribution is 2.02. The van der Waals surface area contributed by atoms with Gasteiger partial charge in [0.1, 0.15) is 17.3 Å². The number of carbonyl (C=O) groups is 2. The molecule has 1 aromatic rings. The fourth-order valence-electron chi connectivity index (χ4n) is 0.428. The number of Topliss-reactive ketones (excluding diaryl/α,β-unsaturated/α-hetero) is 2. The van der Waals surface area contributed by atoms with E-state index in [1.165, 1.54) is 27.7 Å². The second kappa shape index (κ2) is 10.4. The molecule has 0 fully saturated rings. The Labute approximate surface area is 90.7 Å². The fraction of sp³-hybridized carbons (Fsp3) is 0.333. The van der Waals surface area contributed by atoms with Crippen molar-refractivity contribution in [2.45, 2.75) is 27.7 Å². The standard InChI is InChI=1S/C6H6O.2C3H6O/c7-6-4-2-1-3-5-6;2*1-3(2)4/h1-5,7H;2*1-2H3. The van der Waals surface area contributed by atoms with Crippen molar-refractivity contribution in [1.29, 1.82) is 0 Å². The predicted octanol–water partition coefficient (Wildman–Crippen LogP) is 2.58. The molecule has 0 atom stereocenters. The van der Waals surface area contributed by atoms with E-state index in [0.717, 1.165) is 0 Å². The van der Waals surface area contributed by atoms with Crippen LogP contribution >= 0.6 is 0 Å². The van der Waals surface area contributed by atoms with E-state index in [9.17, 15) is 9.59 Å². The number of ketones is 2. The lowest BCUT2D eigenvalue weighted by Crippen LogP contribution is -1.69. The molecule has 3 heteroatoms. The minimum Gasteiger partial charge on any atom is -0.508 e. The van der Waals surface area contributed by atoms with E-state index in [1.54, 1.807) is 24.3 Å². The molecule has 0 bridgehead atoms. The maximum absolute atomic E-state index is 9.44. The molecule has 0 amide bonds. The van der Waals surface area contributed by atoms with Crippen LogP contribution in [0.5, 0.6) is 5.75 Å². The van der Waals surface area contributed by atoms with Gasteiger partial charge in [-0.3, -0.25) is 0 Å². The van der Waals surface area contributed by atoms with E-state index in [0.29, 0.717) is 5.75 Å². The summed E-state index contributed by atoms with van der Waals surface area (Å²) in [5, 5.41) is 8.63. The van der Waals surface area contributed by atoms with E-state index in [1.807, 2.05) is 6.07 Å². The van der Waals surface area contributed by atoms with E-state index >= 15 is 0 Å². The molecule has 0 saturated heterocycles. The monoisotopic (exact) mass is 210 g/mol. The van der Waals surface area contributed by atoms with Gasteiger partial charge in [-0.1, -0.05) is 18.2 Å². The topological polar surface area (TPSA) is 54.4 Å². The van der Waals surface area contributed by atoms with Crippen molar-refractivity contribution in [2.75, 3.05) is 0 Å². The molecule has 1 N–H and O–H groups in total. The molecule has 1 aromatic carbocycles. The zero-order valence-corrected chi connectivity index (χ0v) is 9.65. The number of para-hydroxylation sites is 1. The average molecular weight is 210 g/mol. The van der Waals surface area contributed by atoms with Crippen LogP contribution in [0.2, 0.25) is 0 Å². The Kier molecular flexibility index (Phi) is 11.0. The highest BCUT2D eigenvalue weighted by Gasteiger charge is 1.74. The lowest BCUT2D eigenvalue weighted by molar-refractivity contribution is -0.115. The van der Waals surface area contributed by atoms with Crippen LogP contribution in [-0.2, 0) is 9.59 Å². The number of carbonyl (C=O) groups excluding carboxylic acids is 2.